The number of rotatable bonds is 9. The Kier molecular flexibility index (Phi) is 7.62. The summed E-state index contributed by atoms with van der Waals surface area (Å²) in [7, 11) is 1.47. The van der Waals surface area contributed by atoms with Gasteiger partial charge in [0.15, 0.2) is 0 Å². The largest absolute Gasteiger partial charge is 0.501 e. The van der Waals surface area contributed by atoms with Crippen molar-refractivity contribution in [1.82, 2.24) is 0 Å². The molecular weight excluding hydrogens is 260 g/mol. The number of hydrogen-bond acceptors (Lipinski definition) is 5. The molecule has 0 bridgehead atoms. The van der Waals surface area contributed by atoms with Crippen molar-refractivity contribution in [3.8, 4) is 0 Å². The molecule has 3 atom stereocenters. The summed E-state index contributed by atoms with van der Waals surface area (Å²) in [5, 5.41) is 20.0. The summed E-state index contributed by atoms with van der Waals surface area (Å²) >= 11 is 0. The first-order chi connectivity index (χ1) is 9.58. The predicted molar refractivity (Wildman–Crippen MR) is 75.0 cm³/mol. The van der Waals surface area contributed by atoms with Crippen LogP contribution in [0.3, 0.4) is 0 Å². The lowest BCUT2D eigenvalue weighted by Crippen LogP contribution is -2.42. The maximum atomic E-state index is 11.3. The topological polar surface area (TPSA) is 76.0 Å². The highest BCUT2D eigenvalue weighted by Gasteiger charge is 2.32. The van der Waals surface area contributed by atoms with Crippen molar-refractivity contribution in [3.05, 3.63) is 11.8 Å². The van der Waals surface area contributed by atoms with Gasteiger partial charge >= 0.3 is 5.97 Å². The Bertz CT molecular complexity index is 326. The third kappa shape index (κ3) is 5.51. The Morgan fingerprint density at radius 2 is 2.05 bits per heavy atom. The van der Waals surface area contributed by atoms with Crippen molar-refractivity contribution in [2.75, 3.05) is 7.11 Å². The third-order valence-corrected chi connectivity index (χ3v) is 3.59. The quantitative estimate of drug-likeness (QED) is 0.500. The molecule has 116 valence electrons. The number of carbonyl (C=O) groups excluding carboxylic acids is 1. The fourth-order valence-corrected chi connectivity index (χ4v) is 2.32. The molecule has 0 spiro atoms. The minimum atomic E-state index is -1.07. The molecule has 1 aliphatic heterocycles. The lowest BCUT2D eigenvalue weighted by atomic mass is 9.98. The van der Waals surface area contributed by atoms with Crippen LogP contribution in [0.5, 0.6) is 0 Å². The number of carbonyl (C=O) groups is 1. The van der Waals surface area contributed by atoms with E-state index < -0.39 is 24.3 Å². The molecule has 0 aromatic rings. The van der Waals surface area contributed by atoms with Crippen LogP contribution in [0.1, 0.15) is 51.9 Å². The summed E-state index contributed by atoms with van der Waals surface area (Å²) in [4.78, 5) is 11.3. The maximum Gasteiger partial charge on any atom is 0.334 e. The van der Waals surface area contributed by atoms with Crippen molar-refractivity contribution in [3.63, 3.8) is 0 Å². The molecule has 0 saturated heterocycles. The van der Waals surface area contributed by atoms with Crippen LogP contribution < -0.4 is 0 Å². The molecule has 0 radical (unpaired) electrons. The molecule has 0 aliphatic carbocycles. The summed E-state index contributed by atoms with van der Waals surface area (Å²) < 4.78 is 10.1. The van der Waals surface area contributed by atoms with Gasteiger partial charge in [0.25, 0.3) is 0 Å². The van der Waals surface area contributed by atoms with Crippen LogP contribution >= 0.6 is 0 Å². The van der Waals surface area contributed by atoms with E-state index in [-0.39, 0.29) is 0 Å². The van der Waals surface area contributed by atoms with E-state index in [1.807, 2.05) is 0 Å². The van der Waals surface area contributed by atoms with Gasteiger partial charge < -0.3 is 19.7 Å². The van der Waals surface area contributed by atoms with Crippen molar-refractivity contribution in [2.45, 2.75) is 70.2 Å². The average molecular weight is 286 g/mol. The summed E-state index contributed by atoms with van der Waals surface area (Å²) in [5.74, 6) is -0.0623. The van der Waals surface area contributed by atoms with E-state index >= 15 is 0 Å². The molecule has 20 heavy (non-hydrogen) atoms. The van der Waals surface area contributed by atoms with Gasteiger partial charge in [0.1, 0.15) is 18.0 Å². The Balaban J connectivity index is 2.35. The van der Waals surface area contributed by atoms with E-state index in [0.717, 1.165) is 19.3 Å². The summed E-state index contributed by atoms with van der Waals surface area (Å²) in [5.41, 5.74) is 0. The number of aliphatic hydroxyl groups excluding tert-OH is 2. The van der Waals surface area contributed by atoms with Gasteiger partial charge in [0.05, 0.1) is 19.3 Å². The van der Waals surface area contributed by atoms with Crippen molar-refractivity contribution < 1.29 is 24.5 Å². The predicted octanol–water partition coefficient (Wildman–Crippen LogP) is 1.91. The summed E-state index contributed by atoms with van der Waals surface area (Å²) in [6.07, 6.45) is 4.85. The van der Waals surface area contributed by atoms with E-state index in [1.165, 1.54) is 26.0 Å². The van der Waals surface area contributed by atoms with Gasteiger partial charge in [0.2, 0.25) is 0 Å². The summed E-state index contributed by atoms with van der Waals surface area (Å²) in [6.45, 7) is 2.15. The van der Waals surface area contributed by atoms with Gasteiger partial charge in [-0.1, -0.05) is 39.0 Å². The number of aliphatic hydroxyl groups is 2. The van der Waals surface area contributed by atoms with E-state index in [1.54, 1.807) is 0 Å². The number of ether oxygens (including phenoxy) is 2. The van der Waals surface area contributed by atoms with Crippen LogP contribution in [-0.4, -0.2) is 41.6 Å². The second-order valence-corrected chi connectivity index (χ2v) is 5.26. The first kappa shape index (κ1) is 17.0. The van der Waals surface area contributed by atoms with Crippen LogP contribution in [0.25, 0.3) is 0 Å². The molecule has 0 saturated carbocycles. The standard InChI is InChI=1S/C15H26O5/c1-3-4-5-6-7-8-12(16)15(18)13-9-11(19-2)10-14(17)20-13/h10,12-13,15-16,18H,3-9H2,1-2H3/t12-,13+,15-/m1/s1. The molecular formula is C15H26O5. The smallest absolute Gasteiger partial charge is 0.334 e. The molecule has 0 aromatic heterocycles. The highest BCUT2D eigenvalue weighted by atomic mass is 16.6. The Morgan fingerprint density at radius 3 is 2.70 bits per heavy atom. The molecule has 0 amide bonds. The lowest BCUT2D eigenvalue weighted by molar-refractivity contribution is -0.157. The SMILES string of the molecule is CCCCCCC[C@@H](O)[C@@H](O)[C@@H]1CC(OC)=CC(=O)O1. The molecule has 0 fully saturated rings. The monoisotopic (exact) mass is 286 g/mol. The first-order valence-electron chi connectivity index (χ1n) is 7.39. The zero-order valence-corrected chi connectivity index (χ0v) is 12.4. The van der Waals surface area contributed by atoms with Gasteiger partial charge in [-0.05, 0) is 6.42 Å². The molecule has 1 aliphatic rings. The van der Waals surface area contributed by atoms with Crippen LogP contribution in [0, 0.1) is 0 Å². The number of cyclic esters (lactones) is 1. The van der Waals surface area contributed by atoms with Gasteiger partial charge in [-0.25, -0.2) is 4.79 Å². The second kappa shape index (κ2) is 8.97. The van der Waals surface area contributed by atoms with Gasteiger partial charge in [-0.15, -0.1) is 0 Å². The molecule has 5 nitrogen and oxygen atoms in total. The molecule has 2 N–H and O–H groups in total. The van der Waals surface area contributed by atoms with Crippen LogP contribution in [0.2, 0.25) is 0 Å². The number of unbranched alkanes of at least 4 members (excludes halogenated alkanes) is 4. The molecule has 0 unspecified atom stereocenters. The molecule has 0 aromatic carbocycles. The Hall–Kier alpha value is -1.07. The second-order valence-electron chi connectivity index (χ2n) is 5.26. The number of methoxy groups -OCH3 is 1. The molecule has 1 heterocycles. The molecule has 1 rings (SSSR count). The van der Waals surface area contributed by atoms with Crippen LogP contribution in [-0.2, 0) is 14.3 Å². The van der Waals surface area contributed by atoms with Crippen LogP contribution in [0.15, 0.2) is 11.8 Å². The van der Waals surface area contributed by atoms with E-state index in [0.29, 0.717) is 18.6 Å². The normalized spacial score (nSPS) is 21.9. The van der Waals surface area contributed by atoms with E-state index in [4.69, 9.17) is 9.47 Å². The van der Waals surface area contributed by atoms with E-state index in [2.05, 4.69) is 6.92 Å². The minimum absolute atomic E-state index is 0.302. The average Bonchev–Trinajstić information content (AvgIpc) is 2.45. The van der Waals surface area contributed by atoms with Gasteiger partial charge in [-0.2, -0.15) is 0 Å². The Labute approximate surface area is 120 Å². The third-order valence-electron chi connectivity index (χ3n) is 3.59. The highest BCUT2D eigenvalue weighted by Crippen LogP contribution is 2.22. The van der Waals surface area contributed by atoms with E-state index in [9.17, 15) is 15.0 Å². The fourth-order valence-electron chi connectivity index (χ4n) is 2.32. The van der Waals surface area contributed by atoms with Crippen LogP contribution in [0.4, 0.5) is 0 Å². The Morgan fingerprint density at radius 1 is 1.35 bits per heavy atom. The van der Waals surface area contributed by atoms with Crippen molar-refractivity contribution in [1.29, 1.82) is 0 Å². The lowest BCUT2D eigenvalue weighted by Gasteiger charge is -2.29. The number of hydrogen-bond donors (Lipinski definition) is 2. The summed E-state index contributed by atoms with van der Waals surface area (Å²) in [6, 6.07) is 0. The first-order valence-corrected chi connectivity index (χ1v) is 7.39. The van der Waals surface area contributed by atoms with Gasteiger partial charge in [-0.3, -0.25) is 0 Å². The maximum absolute atomic E-state index is 11.3. The fraction of sp³-hybridized carbons (Fsp3) is 0.800. The van der Waals surface area contributed by atoms with Crippen molar-refractivity contribution >= 4 is 5.97 Å². The van der Waals surface area contributed by atoms with Gasteiger partial charge in [0, 0.05) is 6.42 Å². The van der Waals surface area contributed by atoms with Crippen molar-refractivity contribution in [2.24, 2.45) is 0 Å². The zero-order valence-electron chi connectivity index (χ0n) is 12.4. The zero-order chi connectivity index (χ0) is 15.0. The highest BCUT2D eigenvalue weighted by molar-refractivity contribution is 5.83. The number of esters is 1. The molecule has 5 heteroatoms. The minimum Gasteiger partial charge on any atom is -0.501 e.